The molecule has 0 saturated carbocycles. The van der Waals surface area contributed by atoms with E-state index < -0.39 is 0 Å². The van der Waals surface area contributed by atoms with Crippen molar-refractivity contribution in [2.75, 3.05) is 0 Å². The highest BCUT2D eigenvalue weighted by Gasteiger charge is 1.95. The number of pyridine rings is 1. The van der Waals surface area contributed by atoms with Gasteiger partial charge in [-0.15, -0.1) is 24.8 Å². The molecule has 70 valence electrons. The number of aromatic nitrogens is 2. The lowest BCUT2D eigenvalue weighted by Gasteiger charge is -1.89. The maximum Gasteiger partial charge on any atom is 0.168 e. The van der Waals surface area contributed by atoms with Gasteiger partial charge in [0.15, 0.2) is 6.29 Å². The predicted molar refractivity (Wildman–Crippen MR) is 56.0 cm³/mol. The molecule has 0 aliphatic heterocycles. The first-order valence-electron chi connectivity index (χ1n) is 3.29. The largest absolute Gasteiger partial charge is 0.360 e. The smallest absolute Gasteiger partial charge is 0.168 e. The van der Waals surface area contributed by atoms with Gasteiger partial charge in [-0.25, -0.2) is 4.98 Å². The molecule has 2 heterocycles. The van der Waals surface area contributed by atoms with Crippen LogP contribution in [0.4, 0.5) is 0 Å². The van der Waals surface area contributed by atoms with E-state index in [1.165, 1.54) is 0 Å². The summed E-state index contributed by atoms with van der Waals surface area (Å²) in [7, 11) is 0. The molecule has 2 rings (SSSR count). The highest BCUT2D eigenvalue weighted by molar-refractivity contribution is 5.85. The minimum Gasteiger partial charge on any atom is -0.360 e. The Hall–Kier alpha value is -1.06. The van der Waals surface area contributed by atoms with Crippen LogP contribution in [-0.4, -0.2) is 16.3 Å². The zero-order valence-electron chi connectivity index (χ0n) is 6.56. The van der Waals surface area contributed by atoms with Gasteiger partial charge >= 0.3 is 0 Å². The second-order valence-corrected chi connectivity index (χ2v) is 2.26. The Bertz CT molecular complexity index is 400. The van der Waals surface area contributed by atoms with Crippen LogP contribution in [0.15, 0.2) is 24.4 Å². The third-order valence-corrected chi connectivity index (χ3v) is 1.55. The summed E-state index contributed by atoms with van der Waals surface area (Å²) in [5.41, 5.74) is 2.25. The molecule has 2 aromatic rings. The zero-order valence-corrected chi connectivity index (χ0v) is 8.19. The molecule has 0 saturated heterocycles. The van der Waals surface area contributed by atoms with Gasteiger partial charge in [-0.05, 0) is 18.2 Å². The summed E-state index contributed by atoms with van der Waals surface area (Å²) in [6.07, 6.45) is 2.54. The number of aldehydes is 1. The Kier molecular flexibility index (Phi) is 4.45. The van der Waals surface area contributed by atoms with E-state index >= 15 is 0 Å². The third-order valence-electron chi connectivity index (χ3n) is 1.55. The molecule has 0 amide bonds. The second kappa shape index (κ2) is 4.84. The number of nitrogens with one attached hydrogen (secondary N) is 1. The number of aromatic amines is 1. The maximum atomic E-state index is 10.3. The van der Waals surface area contributed by atoms with E-state index in [0.717, 1.165) is 17.3 Å². The average molecular weight is 219 g/mol. The number of halogens is 2. The van der Waals surface area contributed by atoms with E-state index in [2.05, 4.69) is 9.97 Å². The standard InChI is InChI=1S/C8H6N2O.2ClH/c11-5-6-1-2-7-8(10-6)3-4-9-7;;/h1-5,9H;2*1H. The van der Waals surface area contributed by atoms with Gasteiger partial charge in [0, 0.05) is 6.20 Å². The highest BCUT2D eigenvalue weighted by atomic mass is 35.5. The fourth-order valence-corrected chi connectivity index (χ4v) is 1.02. The summed E-state index contributed by atoms with van der Waals surface area (Å²) in [5.74, 6) is 0. The molecular formula is C8H8Cl2N2O. The lowest BCUT2D eigenvalue weighted by molar-refractivity contribution is 0.111. The topological polar surface area (TPSA) is 45.8 Å². The molecule has 0 aliphatic rings. The Labute approximate surface area is 87.4 Å². The number of hydrogen-bond acceptors (Lipinski definition) is 2. The number of fused-ring (bicyclic) bond motifs is 1. The first kappa shape index (κ1) is 11.9. The second-order valence-electron chi connectivity index (χ2n) is 2.26. The maximum absolute atomic E-state index is 10.3. The summed E-state index contributed by atoms with van der Waals surface area (Å²) in [5, 5.41) is 0. The fourth-order valence-electron chi connectivity index (χ4n) is 1.02. The van der Waals surface area contributed by atoms with Gasteiger partial charge < -0.3 is 4.98 Å². The van der Waals surface area contributed by atoms with Crippen LogP contribution >= 0.6 is 24.8 Å². The van der Waals surface area contributed by atoms with E-state index in [1.807, 2.05) is 12.1 Å². The molecule has 0 spiro atoms. The Morgan fingerprint density at radius 3 is 2.69 bits per heavy atom. The Balaban J connectivity index is 0.000000720. The monoisotopic (exact) mass is 218 g/mol. The Morgan fingerprint density at radius 2 is 2.00 bits per heavy atom. The van der Waals surface area contributed by atoms with Gasteiger partial charge in [0.05, 0.1) is 11.0 Å². The molecule has 2 aromatic heterocycles. The summed E-state index contributed by atoms with van der Waals surface area (Å²) >= 11 is 0. The summed E-state index contributed by atoms with van der Waals surface area (Å²) < 4.78 is 0. The highest BCUT2D eigenvalue weighted by Crippen LogP contribution is 2.08. The van der Waals surface area contributed by atoms with E-state index in [-0.39, 0.29) is 24.8 Å². The van der Waals surface area contributed by atoms with Crippen molar-refractivity contribution in [2.45, 2.75) is 0 Å². The first-order valence-corrected chi connectivity index (χ1v) is 3.29. The van der Waals surface area contributed by atoms with Crippen LogP contribution in [0.2, 0.25) is 0 Å². The minimum absolute atomic E-state index is 0. The number of carbonyl (C=O) groups is 1. The van der Waals surface area contributed by atoms with Crippen molar-refractivity contribution in [3.63, 3.8) is 0 Å². The molecule has 1 N–H and O–H groups in total. The molecule has 0 aliphatic carbocycles. The van der Waals surface area contributed by atoms with Crippen LogP contribution in [0.25, 0.3) is 11.0 Å². The van der Waals surface area contributed by atoms with Crippen LogP contribution in [0.1, 0.15) is 10.5 Å². The van der Waals surface area contributed by atoms with Crippen molar-refractivity contribution < 1.29 is 4.79 Å². The van der Waals surface area contributed by atoms with Gasteiger partial charge in [0.2, 0.25) is 0 Å². The third kappa shape index (κ3) is 2.20. The van der Waals surface area contributed by atoms with Crippen LogP contribution in [0, 0.1) is 0 Å². The summed E-state index contributed by atoms with van der Waals surface area (Å²) in [4.78, 5) is 17.3. The van der Waals surface area contributed by atoms with E-state index in [1.54, 1.807) is 12.3 Å². The lowest BCUT2D eigenvalue weighted by atomic mass is 10.3. The number of nitrogens with zero attached hydrogens (tertiary/aromatic N) is 1. The van der Waals surface area contributed by atoms with Crippen LogP contribution in [0.5, 0.6) is 0 Å². The SMILES string of the molecule is Cl.Cl.O=Cc1ccc2[nH]ccc2n1. The lowest BCUT2D eigenvalue weighted by Crippen LogP contribution is -1.84. The normalized spacial score (nSPS) is 8.62. The molecule has 0 atom stereocenters. The molecule has 0 fully saturated rings. The van der Waals surface area contributed by atoms with Crippen molar-refractivity contribution in [3.8, 4) is 0 Å². The van der Waals surface area contributed by atoms with Gasteiger partial charge in [-0.3, -0.25) is 4.79 Å². The van der Waals surface area contributed by atoms with E-state index in [0.29, 0.717) is 5.69 Å². The van der Waals surface area contributed by atoms with Crippen molar-refractivity contribution in [2.24, 2.45) is 0 Å². The number of hydrogen-bond donors (Lipinski definition) is 1. The molecule has 0 bridgehead atoms. The predicted octanol–water partition coefficient (Wildman–Crippen LogP) is 2.22. The quantitative estimate of drug-likeness (QED) is 0.747. The van der Waals surface area contributed by atoms with Crippen LogP contribution < -0.4 is 0 Å². The minimum atomic E-state index is 0. The summed E-state index contributed by atoms with van der Waals surface area (Å²) in [6.45, 7) is 0. The molecule has 3 nitrogen and oxygen atoms in total. The molecule has 5 heteroatoms. The number of rotatable bonds is 1. The molecule has 0 radical (unpaired) electrons. The van der Waals surface area contributed by atoms with Crippen molar-refractivity contribution in [3.05, 3.63) is 30.1 Å². The van der Waals surface area contributed by atoms with Gasteiger partial charge in [-0.2, -0.15) is 0 Å². The van der Waals surface area contributed by atoms with Crippen molar-refractivity contribution >= 4 is 42.1 Å². The van der Waals surface area contributed by atoms with Crippen LogP contribution in [0.3, 0.4) is 0 Å². The van der Waals surface area contributed by atoms with E-state index in [4.69, 9.17) is 0 Å². The van der Waals surface area contributed by atoms with E-state index in [9.17, 15) is 4.79 Å². The Morgan fingerprint density at radius 1 is 1.23 bits per heavy atom. The number of carbonyl (C=O) groups excluding carboxylic acids is 1. The van der Waals surface area contributed by atoms with Crippen molar-refractivity contribution in [1.82, 2.24) is 9.97 Å². The average Bonchev–Trinajstić information content (AvgIpc) is 2.50. The van der Waals surface area contributed by atoms with Gasteiger partial charge in [-0.1, -0.05) is 0 Å². The fraction of sp³-hybridized carbons (Fsp3) is 0. The van der Waals surface area contributed by atoms with Crippen LogP contribution in [-0.2, 0) is 0 Å². The molecule has 0 aromatic carbocycles. The number of H-pyrrole nitrogens is 1. The summed E-state index contributed by atoms with van der Waals surface area (Å²) in [6, 6.07) is 5.36. The molecule has 13 heavy (non-hydrogen) atoms. The zero-order chi connectivity index (χ0) is 7.68. The van der Waals surface area contributed by atoms with Crippen molar-refractivity contribution in [1.29, 1.82) is 0 Å². The molecular weight excluding hydrogens is 211 g/mol. The van der Waals surface area contributed by atoms with Gasteiger partial charge in [0.25, 0.3) is 0 Å². The molecule has 0 unspecified atom stereocenters. The van der Waals surface area contributed by atoms with Gasteiger partial charge in [0.1, 0.15) is 5.69 Å². The first-order chi connectivity index (χ1) is 5.40.